The number of rotatable bonds is 3. The summed E-state index contributed by atoms with van der Waals surface area (Å²) in [6.07, 6.45) is -0.520. The zero-order valence-electron chi connectivity index (χ0n) is 14.8. The second kappa shape index (κ2) is 6.79. The van der Waals surface area contributed by atoms with Crippen molar-refractivity contribution in [2.24, 2.45) is 0 Å². The van der Waals surface area contributed by atoms with Crippen LogP contribution >= 0.6 is 0 Å². The van der Waals surface area contributed by atoms with E-state index in [4.69, 9.17) is 9.52 Å². The van der Waals surface area contributed by atoms with Gasteiger partial charge in [0.2, 0.25) is 5.95 Å². The minimum atomic E-state index is -1.24. The summed E-state index contributed by atoms with van der Waals surface area (Å²) in [7, 11) is 0. The smallest absolute Gasteiger partial charge is 0.405 e. The van der Waals surface area contributed by atoms with Gasteiger partial charge in [0, 0.05) is 11.1 Å². The second-order valence-electron chi connectivity index (χ2n) is 6.28. The molecule has 0 bridgehead atoms. The minimum Gasteiger partial charge on any atom is -0.465 e. The normalized spacial score (nSPS) is 12.2. The van der Waals surface area contributed by atoms with Crippen molar-refractivity contribution in [3.8, 4) is 11.3 Å². The average molecular weight is 374 g/mol. The highest BCUT2D eigenvalue weighted by Crippen LogP contribution is 2.31. The molecule has 0 radical (unpaired) electrons. The highest BCUT2D eigenvalue weighted by atomic mass is 19.1. The Kier molecular flexibility index (Phi) is 4.65. The van der Waals surface area contributed by atoms with Crippen molar-refractivity contribution >= 4 is 17.1 Å². The van der Waals surface area contributed by atoms with Gasteiger partial charge in [-0.1, -0.05) is 6.07 Å². The molecule has 1 unspecified atom stereocenters. The van der Waals surface area contributed by atoms with E-state index in [-0.39, 0.29) is 27.9 Å². The molecule has 8 heteroatoms. The largest absolute Gasteiger partial charge is 0.465 e. The number of nitrogens with one attached hydrogen (secondary N) is 1. The summed E-state index contributed by atoms with van der Waals surface area (Å²) in [6, 6.07) is 3.48. The molecule has 1 amide bonds. The van der Waals surface area contributed by atoms with Gasteiger partial charge in [0.15, 0.2) is 5.43 Å². The maximum absolute atomic E-state index is 14.1. The molecule has 2 heterocycles. The van der Waals surface area contributed by atoms with Crippen LogP contribution < -0.4 is 10.7 Å². The zero-order valence-corrected chi connectivity index (χ0v) is 14.8. The number of benzene rings is 1. The summed E-state index contributed by atoms with van der Waals surface area (Å²) in [5.41, 5.74) is 0.657. The van der Waals surface area contributed by atoms with Crippen molar-refractivity contribution < 1.29 is 23.1 Å². The number of hydrogen-bond donors (Lipinski definition) is 2. The van der Waals surface area contributed by atoms with Crippen molar-refractivity contribution in [1.82, 2.24) is 10.3 Å². The van der Waals surface area contributed by atoms with Gasteiger partial charge in [-0.3, -0.25) is 4.79 Å². The molecule has 2 N–H and O–H groups in total. The average Bonchev–Trinajstić information content (AvgIpc) is 2.59. The van der Waals surface area contributed by atoms with Crippen LogP contribution in [0.3, 0.4) is 0 Å². The molecule has 2 aromatic heterocycles. The van der Waals surface area contributed by atoms with Gasteiger partial charge in [-0.2, -0.15) is 4.39 Å². The summed E-state index contributed by atoms with van der Waals surface area (Å²) >= 11 is 0. The number of halogens is 2. The number of carbonyl (C=O) groups is 1. The van der Waals surface area contributed by atoms with E-state index in [2.05, 4.69) is 10.3 Å². The topological polar surface area (TPSA) is 92.4 Å². The molecule has 140 valence electrons. The van der Waals surface area contributed by atoms with Crippen molar-refractivity contribution in [3.05, 3.63) is 63.1 Å². The van der Waals surface area contributed by atoms with Crippen LogP contribution in [0.1, 0.15) is 29.7 Å². The molecule has 1 aromatic carbocycles. The third kappa shape index (κ3) is 3.38. The first kappa shape index (κ1) is 18.5. The summed E-state index contributed by atoms with van der Waals surface area (Å²) < 4.78 is 33.5. The maximum Gasteiger partial charge on any atom is 0.405 e. The lowest BCUT2D eigenvalue weighted by atomic mass is 9.99. The van der Waals surface area contributed by atoms with E-state index in [1.165, 1.54) is 6.92 Å². The van der Waals surface area contributed by atoms with Gasteiger partial charge in [0.1, 0.15) is 17.2 Å². The lowest BCUT2D eigenvalue weighted by molar-refractivity contribution is 0.191. The predicted octanol–water partition coefficient (Wildman–Crippen LogP) is 4.08. The number of aromatic nitrogens is 1. The summed E-state index contributed by atoms with van der Waals surface area (Å²) in [4.78, 5) is 27.2. The van der Waals surface area contributed by atoms with E-state index in [0.717, 1.165) is 17.8 Å². The number of hydrogen-bond acceptors (Lipinski definition) is 4. The zero-order chi connectivity index (χ0) is 19.9. The molecule has 3 rings (SSSR count). The number of carboxylic acid groups (broad SMARTS) is 1. The van der Waals surface area contributed by atoms with E-state index in [1.807, 2.05) is 0 Å². The number of fused-ring (bicyclic) bond motifs is 1. The van der Waals surface area contributed by atoms with Gasteiger partial charge in [0.25, 0.3) is 0 Å². The van der Waals surface area contributed by atoms with Crippen LogP contribution in [0.4, 0.5) is 13.6 Å². The van der Waals surface area contributed by atoms with Crippen molar-refractivity contribution in [1.29, 1.82) is 0 Å². The lowest BCUT2D eigenvalue weighted by Gasteiger charge is -2.16. The number of pyridine rings is 1. The Balaban J connectivity index is 2.37. The van der Waals surface area contributed by atoms with Crippen LogP contribution in [0.25, 0.3) is 22.3 Å². The Labute approximate surface area is 152 Å². The van der Waals surface area contributed by atoms with E-state index < -0.39 is 29.3 Å². The fourth-order valence-electron chi connectivity index (χ4n) is 2.99. The molecule has 0 saturated heterocycles. The predicted molar refractivity (Wildman–Crippen MR) is 94.7 cm³/mol. The van der Waals surface area contributed by atoms with Crippen LogP contribution in [0.5, 0.6) is 0 Å². The van der Waals surface area contributed by atoms with E-state index in [1.54, 1.807) is 26.0 Å². The third-order valence-electron chi connectivity index (χ3n) is 4.25. The van der Waals surface area contributed by atoms with Gasteiger partial charge < -0.3 is 14.8 Å². The molecular formula is C19H16F2N2O4. The molecular weight excluding hydrogens is 358 g/mol. The summed E-state index contributed by atoms with van der Waals surface area (Å²) in [6.45, 7) is 4.80. The molecule has 0 aliphatic carbocycles. The van der Waals surface area contributed by atoms with Gasteiger partial charge >= 0.3 is 6.09 Å². The molecule has 0 aliphatic heterocycles. The first-order valence-corrected chi connectivity index (χ1v) is 8.08. The summed E-state index contributed by atoms with van der Waals surface area (Å²) in [5, 5.41) is 11.5. The highest BCUT2D eigenvalue weighted by molar-refractivity contribution is 5.84. The molecule has 0 spiro atoms. The Morgan fingerprint density at radius 2 is 1.96 bits per heavy atom. The van der Waals surface area contributed by atoms with Crippen molar-refractivity contribution in [2.45, 2.75) is 26.8 Å². The molecule has 6 nitrogen and oxygen atoms in total. The Bertz CT molecular complexity index is 1120. The molecule has 0 saturated carbocycles. The van der Waals surface area contributed by atoms with Gasteiger partial charge in [-0.05, 0) is 38.5 Å². The van der Waals surface area contributed by atoms with E-state index in [0.29, 0.717) is 5.56 Å². The number of nitrogens with zero attached hydrogens (tertiary/aromatic N) is 1. The first-order chi connectivity index (χ1) is 12.7. The molecule has 0 fully saturated rings. The maximum atomic E-state index is 14.1. The molecule has 0 aliphatic rings. The van der Waals surface area contributed by atoms with Crippen LogP contribution in [-0.4, -0.2) is 16.2 Å². The van der Waals surface area contributed by atoms with Crippen LogP contribution in [0, 0.1) is 25.6 Å². The number of aryl methyl sites for hydroxylation is 1. The summed E-state index contributed by atoms with van der Waals surface area (Å²) in [5.74, 6) is -1.91. The monoisotopic (exact) mass is 374 g/mol. The SMILES string of the molecule is Cc1cc(C(C)NC(=O)O)c2oc(-c3cc(F)cnc3F)c(C)c(=O)c2c1. The van der Waals surface area contributed by atoms with Crippen LogP contribution in [0.15, 0.2) is 33.6 Å². The Morgan fingerprint density at radius 3 is 2.63 bits per heavy atom. The lowest BCUT2D eigenvalue weighted by Crippen LogP contribution is -2.25. The van der Waals surface area contributed by atoms with E-state index in [9.17, 15) is 18.4 Å². The third-order valence-corrected chi connectivity index (χ3v) is 4.25. The highest BCUT2D eigenvalue weighted by Gasteiger charge is 2.21. The fourth-order valence-corrected chi connectivity index (χ4v) is 2.99. The minimum absolute atomic E-state index is 0.101. The van der Waals surface area contributed by atoms with Crippen molar-refractivity contribution in [3.63, 3.8) is 0 Å². The van der Waals surface area contributed by atoms with Crippen LogP contribution in [-0.2, 0) is 0 Å². The van der Waals surface area contributed by atoms with Crippen LogP contribution in [0.2, 0.25) is 0 Å². The number of amides is 1. The first-order valence-electron chi connectivity index (χ1n) is 8.08. The van der Waals surface area contributed by atoms with Gasteiger partial charge in [-0.25, -0.2) is 14.2 Å². The van der Waals surface area contributed by atoms with E-state index >= 15 is 0 Å². The Morgan fingerprint density at radius 1 is 1.26 bits per heavy atom. The molecule has 3 aromatic rings. The fraction of sp³-hybridized carbons (Fsp3) is 0.211. The van der Waals surface area contributed by atoms with Gasteiger partial charge in [0.05, 0.1) is 23.2 Å². The van der Waals surface area contributed by atoms with Gasteiger partial charge in [-0.15, -0.1) is 0 Å². The standard InChI is InChI=1S/C19H16F2N2O4/c1-8-4-12(10(3)23-19(25)26)17-13(5-8)15(24)9(2)16(27-17)14-6-11(20)7-22-18(14)21/h4-7,10,23H,1-3H3,(H,25,26). The molecule has 27 heavy (non-hydrogen) atoms. The second-order valence-corrected chi connectivity index (χ2v) is 6.28. The molecule has 1 atom stereocenters. The quantitative estimate of drug-likeness (QED) is 0.674. The Hall–Kier alpha value is -3.29. The van der Waals surface area contributed by atoms with Crippen molar-refractivity contribution in [2.75, 3.05) is 0 Å².